The Morgan fingerprint density at radius 1 is 0.778 bits per heavy atom. The Balaban J connectivity index is 0.000000330. The fourth-order valence-corrected chi connectivity index (χ4v) is 10.3. The molecule has 7 heteroatoms. The Hall–Kier alpha value is -1.66. The zero-order valence-corrected chi connectivity index (χ0v) is 30.6. The third-order valence-corrected chi connectivity index (χ3v) is 13.2. The van der Waals surface area contributed by atoms with Crippen molar-refractivity contribution in [3.8, 4) is 0 Å². The van der Waals surface area contributed by atoms with Crippen LogP contribution >= 0.6 is 0 Å². The van der Waals surface area contributed by atoms with Gasteiger partial charge in [-0.3, -0.25) is 0 Å². The molecule has 256 valence electrons. The number of rotatable bonds is 17. The summed E-state index contributed by atoms with van der Waals surface area (Å²) in [6.45, 7) is 9.86. The number of ether oxygens (including phenoxy) is 2. The third-order valence-electron chi connectivity index (χ3n) is 10.5. The number of allylic oxidation sites excluding steroid dienone is 1. The van der Waals surface area contributed by atoms with Gasteiger partial charge in [-0.15, -0.1) is 0 Å². The number of benzene rings is 1. The number of carbonyl (C=O) groups excluding carboxylic acids is 2. The van der Waals surface area contributed by atoms with Crippen LogP contribution in [0.3, 0.4) is 0 Å². The normalized spacial score (nSPS) is 28.4. The maximum absolute atomic E-state index is 12.1. The van der Waals surface area contributed by atoms with Gasteiger partial charge in [0.25, 0.3) is 0 Å². The van der Waals surface area contributed by atoms with E-state index in [0.29, 0.717) is 48.7 Å². The first-order valence-corrected chi connectivity index (χ1v) is 19.3. The molecule has 0 aliphatic heterocycles. The van der Waals surface area contributed by atoms with Gasteiger partial charge >= 0.3 is 171 Å². The molecule has 0 bridgehead atoms. The average molecular weight is 694 g/mol. The van der Waals surface area contributed by atoms with Crippen molar-refractivity contribution in [2.45, 2.75) is 103 Å². The van der Waals surface area contributed by atoms with Gasteiger partial charge in [-0.1, -0.05) is 26.3 Å². The Labute approximate surface area is 280 Å². The molecule has 1 aromatic carbocycles. The van der Waals surface area contributed by atoms with Gasteiger partial charge in [-0.25, -0.2) is 4.79 Å². The average Bonchev–Trinajstić information content (AvgIpc) is 3.48. The van der Waals surface area contributed by atoms with E-state index in [9.17, 15) is 19.8 Å². The van der Waals surface area contributed by atoms with Crippen LogP contribution in [0.15, 0.2) is 42.5 Å². The van der Waals surface area contributed by atoms with Gasteiger partial charge in [0.1, 0.15) is 0 Å². The van der Waals surface area contributed by atoms with E-state index in [0.717, 1.165) is 43.9 Å². The molecule has 2 aliphatic carbocycles. The molecule has 2 fully saturated rings. The molecule has 2 saturated carbocycles. The van der Waals surface area contributed by atoms with E-state index in [-0.39, 0.29) is 31.7 Å². The van der Waals surface area contributed by atoms with E-state index in [4.69, 9.17) is 4.74 Å². The molecule has 0 radical (unpaired) electrons. The molecule has 0 spiro atoms. The van der Waals surface area contributed by atoms with Crippen LogP contribution in [-0.2, 0) is 19.1 Å². The number of hydrogen-bond acceptors (Lipinski definition) is 6. The maximum atomic E-state index is 12.1. The van der Waals surface area contributed by atoms with Gasteiger partial charge in [0.2, 0.25) is 0 Å². The predicted molar refractivity (Wildman–Crippen MR) is 184 cm³/mol. The molecular formula is C38H62O6Se. The molecule has 9 atom stereocenters. The molecule has 3 rings (SSSR count). The first-order chi connectivity index (χ1) is 21.7. The molecule has 45 heavy (non-hydrogen) atoms. The fourth-order valence-electron chi connectivity index (χ4n) is 7.98. The van der Waals surface area contributed by atoms with Crippen LogP contribution in [0.2, 0.25) is 4.82 Å². The topological polar surface area (TPSA) is 93.1 Å². The monoisotopic (exact) mass is 694 g/mol. The van der Waals surface area contributed by atoms with Crippen LogP contribution in [0, 0.1) is 47.3 Å². The Bertz CT molecular complexity index is 984. The number of esters is 2. The second-order valence-corrected chi connectivity index (χ2v) is 16.4. The van der Waals surface area contributed by atoms with Crippen molar-refractivity contribution >= 4 is 31.4 Å². The third kappa shape index (κ3) is 13.5. The Kier molecular flexibility index (Phi) is 19.3. The molecule has 2 aliphatic rings. The predicted octanol–water partition coefficient (Wildman–Crippen LogP) is 7.01. The Morgan fingerprint density at radius 3 is 1.82 bits per heavy atom. The van der Waals surface area contributed by atoms with Crippen LogP contribution in [0.1, 0.15) is 98.3 Å². The van der Waals surface area contributed by atoms with Gasteiger partial charge in [0.15, 0.2) is 0 Å². The van der Waals surface area contributed by atoms with Gasteiger partial charge in [0.05, 0.1) is 7.11 Å². The summed E-state index contributed by atoms with van der Waals surface area (Å²) < 4.78 is 10.8. The summed E-state index contributed by atoms with van der Waals surface area (Å²) >= 11 is 0.131. The van der Waals surface area contributed by atoms with Crippen molar-refractivity contribution in [1.82, 2.24) is 0 Å². The number of carbonyl (C=O) groups is 2. The minimum absolute atomic E-state index is 0.0190. The van der Waals surface area contributed by atoms with Crippen molar-refractivity contribution in [2.75, 3.05) is 27.4 Å². The number of aliphatic hydroxyl groups excluding tert-OH is 2. The van der Waals surface area contributed by atoms with E-state index >= 15 is 0 Å². The van der Waals surface area contributed by atoms with Crippen molar-refractivity contribution in [2.24, 2.45) is 47.3 Å². The van der Waals surface area contributed by atoms with Crippen LogP contribution < -0.4 is 4.46 Å². The minimum atomic E-state index is -0.279. The molecule has 1 unspecified atom stereocenters. The summed E-state index contributed by atoms with van der Waals surface area (Å²) in [7, 11) is 2.89. The molecule has 0 heterocycles. The summed E-state index contributed by atoms with van der Waals surface area (Å²) in [4.78, 5) is 23.0. The summed E-state index contributed by atoms with van der Waals surface area (Å²) in [5.41, 5.74) is 0. The Morgan fingerprint density at radius 2 is 1.31 bits per heavy atom. The molecule has 0 amide bonds. The van der Waals surface area contributed by atoms with E-state index in [2.05, 4.69) is 44.6 Å². The van der Waals surface area contributed by atoms with E-state index in [1.807, 2.05) is 24.3 Å². The number of methoxy groups -OCH3 is 2. The quantitative estimate of drug-likeness (QED) is 0.0790. The first kappa shape index (κ1) is 39.5. The summed E-state index contributed by atoms with van der Waals surface area (Å²) in [5, 5.41) is 19.2. The van der Waals surface area contributed by atoms with Crippen molar-refractivity contribution in [3.05, 3.63) is 42.5 Å². The molecule has 0 saturated heterocycles. The summed E-state index contributed by atoms with van der Waals surface area (Å²) in [5.74, 6) is 4.73. The van der Waals surface area contributed by atoms with Crippen molar-refractivity contribution in [1.29, 1.82) is 0 Å². The second-order valence-electron chi connectivity index (χ2n) is 13.7. The molecule has 0 aromatic heterocycles. The summed E-state index contributed by atoms with van der Waals surface area (Å²) in [6, 6.07) is 10.3. The number of unbranched alkanes of at least 4 members (excludes halogenated alkanes) is 4. The zero-order chi connectivity index (χ0) is 33.2. The fraction of sp³-hybridized carbons (Fsp3) is 0.737. The molecule has 1 aromatic rings. The van der Waals surface area contributed by atoms with E-state index in [1.54, 1.807) is 0 Å². The summed E-state index contributed by atoms with van der Waals surface area (Å²) in [6.07, 6.45) is 15.8. The van der Waals surface area contributed by atoms with Crippen molar-refractivity contribution < 1.29 is 29.3 Å². The van der Waals surface area contributed by atoms with Crippen LogP contribution in [-0.4, -0.2) is 64.5 Å². The van der Waals surface area contributed by atoms with Crippen LogP contribution in [0.4, 0.5) is 0 Å². The SMILES string of the molecule is COC(=O)/C=C/CCCC[C@@H]1[C@@H](CO)[C@H](C)C[C@@H]1C.COC(=O)C(CCCCC[C@@H]1[C@@H](CO)[C@H](C)C[C@@H]1C)[Se]c1ccccc1. The van der Waals surface area contributed by atoms with Gasteiger partial charge < -0.3 is 9.84 Å². The van der Waals surface area contributed by atoms with Gasteiger partial charge in [0, 0.05) is 12.7 Å². The van der Waals surface area contributed by atoms with Crippen LogP contribution in [0.25, 0.3) is 0 Å². The standard InChI is InChI=1S/C22H34O3Se.C16H28O3/c1-16-14-17(2)20(15-23)19(16)12-8-5-9-13-21(22(24)25-3)26-18-10-6-4-7-11-18;1-12-10-13(2)15(11-17)14(12)8-6-4-5-7-9-16(18)19-3/h4,6-7,10-11,16-17,19-21,23H,5,8-9,12-15H2,1-3H3;7,9,12-15,17H,4-6,8,10-11H2,1-3H3/b;9-7+/t16-,17+,19-,20-,21?;12-,13+,14-,15-/m00/s1. The molecule has 6 nitrogen and oxygen atoms in total. The second kappa shape index (κ2) is 22.0. The first-order valence-electron chi connectivity index (χ1n) is 17.4. The van der Waals surface area contributed by atoms with Gasteiger partial charge in [-0.2, -0.15) is 0 Å². The number of hydrogen-bond donors (Lipinski definition) is 2. The zero-order valence-electron chi connectivity index (χ0n) is 28.9. The van der Waals surface area contributed by atoms with Crippen LogP contribution in [0.5, 0.6) is 0 Å². The van der Waals surface area contributed by atoms with E-state index < -0.39 is 0 Å². The van der Waals surface area contributed by atoms with E-state index in [1.165, 1.54) is 63.3 Å². The molecular weight excluding hydrogens is 631 g/mol. The number of aliphatic hydroxyl groups is 2. The van der Waals surface area contributed by atoms with Gasteiger partial charge in [-0.05, 0) is 49.4 Å². The van der Waals surface area contributed by atoms with Crippen molar-refractivity contribution in [3.63, 3.8) is 0 Å². The molecule has 2 N–H and O–H groups in total.